The van der Waals surface area contributed by atoms with Crippen molar-refractivity contribution in [3.8, 4) is 0 Å². The van der Waals surface area contributed by atoms with Crippen molar-refractivity contribution in [3.63, 3.8) is 0 Å². The Labute approximate surface area is 83.6 Å². The monoisotopic (exact) mass is 194 g/mol. The van der Waals surface area contributed by atoms with E-state index in [2.05, 4.69) is 24.1 Å². The summed E-state index contributed by atoms with van der Waals surface area (Å²) >= 11 is 0. The number of nitrogens with zero attached hydrogens (tertiary/aromatic N) is 1. The van der Waals surface area contributed by atoms with E-state index in [-0.39, 0.29) is 5.82 Å². The molecule has 0 aromatic carbocycles. The quantitative estimate of drug-likeness (QED) is 0.783. The Morgan fingerprint density at radius 2 is 2.21 bits per heavy atom. The molecule has 2 rings (SSSR count). The lowest BCUT2D eigenvalue weighted by Gasteiger charge is -2.43. The highest BCUT2D eigenvalue weighted by Crippen LogP contribution is 2.41. The third-order valence-corrected chi connectivity index (χ3v) is 2.70. The molecule has 0 atom stereocenters. The summed E-state index contributed by atoms with van der Waals surface area (Å²) in [4.78, 5) is 3.96. The minimum absolute atomic E-state index is 0.266. The molecule has 0 spiro atoms. The lowest BCUT2D eigenvalue weighted by molar-refractivity contribution is 0.167. The van der Waals surface area contributed by atoms with E-state index in [0.717, 1.165) is 12.8 Å². The molecule has 3 heteroatoms. The third-order valence-electron chi connectivity index (χ3n) is 2.70. The third kappa shape index (κ3) is 1.86. The maximum absolute atomic E-state index is 13.2. The SMILES string of the molecule is CC1(C)CC(Nc2ncccc2F)C1. The summed E-state index contributed by atoms with van der Waals surface area (Å²) < 4.78 is 13.2. The fraction of sp³-hybridized carbons (Fsp3) is 0.545. The first kappa shape index (κ1) is 9.44. The molecule has 1 heterocycles. The summed E-state index contributed by atoms with van der Waals surface area (Å²) in [6, 6.07) is 3.42. The van der Waals surface area contributed by atoms with Gasteiger partial charge in [0.2, 0.25) is 0 Å². The van der Waals surface area contributed by atoms with Crippen molar-refractivity contribution in [1.82, 2.24) is 4.98 Å². The Kier molecular flexibility index (Phi) is 2.17. The van der Waals surface area contributed by atoms with E-state index in [4.69, 9.17) is 0 Å². The molecule has 1 aliphatic rings. The highest BCUT2D eigenvalue weighted by atomic mass is 19.1. The van der Waals surface area contributed by atoms with Crippen molar-refractivity contribution in [3.05, 3.63) is 24.1 Å². The molecule has 1 aromatic heterocycles. The maximum Gasteiger partial charge on any atom is 0.165 e. The number of pyridine rings is 1. The first-order valence-corrected chi connectivity index (χ1v) is 4.94. The lowest BCUT2D eigenvalue weighted by atomic mass is 9.68. The van der Waals surface area contributed by atoms with Crippen molar-refractivity contribution < 1.29 is 4.39 Å². The number of rotatable bonds is 2. The number of aromatic nitrogens is 1. The summed E-state index contributed by atoms with van der Waals surface area (Å²) in [6.07, 6.45) is 3.78. The normalized spacial score (nSPS) is 20.2. The first-order valence-electron chi connectivity index (χ1n) is 4.94. The Balaban J connectivity index is 1.97. The van der Waals surface area contributed by atoms with E-state index in [9.17, 15) is 4.39 Å². The Morgan fingerprint density at radius 3 is 2.79 bits per heavy atom. The topological polar surface area (TPSA) is 24.9 Å². The molecule has 76 valence electrons. The fourth-order valence-corrected chi connectivity index (χ4v) is 2.06. The Bertz CT molecular complexity index is 328. The highest BCUT2D eigenvalue weighted by molar-refractivity contribution is 5.37. The maximum atomic E-state index is 13.2. The smallest absolute Gasteiger partial charge is 0.165 e. The van der Waals surface area contributed by atoms with Crippen molar-refractivity contribution in [2.24, 2.45) is 5.41 Å². The van der Waals surface area contributed by atoms with Gasteiger partial charge in [-0.3, -0.25) is 0 Å². The molecular weight excluding hydrogens is 179 g/mol. The first-order chi connectivity index (χ1) is 6.57. The van der Waals surface area contributed by atoms with Gasteiger partial charge in [0.25, 0.3) is 0 Å². The van der Waals surface area contributed by atoms with E-state index in [1.165, 1.54) is 6.07 Å². The van der Waals surface area contributed by atoms with Gasteiger partial charge in [0.1, 0.15) is 0 Å². The van der Waals surface area contributed by atoms with Crippen LogP contribution in [0.2, 0.25) is 0 Å². The fourth-order valence-electron chi connectivity index (χ4n) is 2.06. The van der Waals surface area contributed by atoms with Gasteiger partial charge >= 0.3 is 0 Å². The van der Waals surface area contributed by atoms with Crippen molar-refractivity contribution in [2.45, 2.75) is 32.7 Å². The number of hydrogen-bond acceptors (Lipinski definition) is 2. The van der Waals surface area contributed by atoms with Gasteiger partial charge < -0.3 is 5.32 Å². The van der Waals surface area contributed by atoms with Crippen LogP contribution in [0.3, 0.4) is 0 Å². The summed E-state index contributed by atoms with van der Waals surface area (Å²) in [5, 5.41) is 3.12. The van der Waals surface area contributed by atoms with E-state index in [0.29, 0.717) is 17.3 Å². The van der Waals surface area contributed by atoms with Gasteiger partial charge in [-0.1, -0.05) is 13.8 Å². The molecule has 0 radical (unpaired) electrons. The van der Waals surface area contributed by atoms with Crippen LogP contribution in [0.25, 0.3) is 0 Å². The predicted octanol–water partition coefficient (Wildman–Crippen LogP) is 2.82. The largest absolute Gasteiger partial charge is 0.365 e. The molecule has 1 N–H and O–H groups in total. The number of hydrogen-bond donors (Lipinski definition) is 1. The number of anilines is 1. The van der Waals surface area contributed by atoms with Crippen LogP contribution >= 0.6 is 0 Å². The highest BCUT2D eigenvalue weighted by Gasteiger charge is 2.36. The Hall–Kier alpha value is -1.12. The lowest BCUT2D eigenvalue weighted by Crippen LogP contribution is -2.41. The van der Waals surface area contributed by atoms with E-state index in [1.54, 1.807) is 12.3 Å². The van der Waals surface area contributed by atoms with Crippen molar-refractivity contribution in [1.29, 1.82) is 0 Å². The van der Waals surface area contributed by atoms with Crippen LogP contribution in [0.1, 0.15) is 26.7 Å². The van der Waals surface area contributed by atoms with Crippen LogP contribution in [0.4, 0.5) is 10.2 Å². The molecule has 1 fully saturated rings. The summed E-state index contributed by atoms with van der Waals surface area (Å²) in [5.74, 6) is 0.116. The molecule has 0 saturated heterocycles. The molecule has 1 saturated carbocycles. The average Bonchev–Trinajstić information content (AvgIpc) is 2.05. The van der Waals surface area contributed by atoms with E-state index in [1.807, 2.05) is 0 Å². The van der Waals surface area contributed by atoms with Crippen LogP contribution < -0.4 is 5.32 Å². The predicted molar refractivity (Wildman–Crippen MR) is 54.6 cm³/mol. The van der Waals surface area contributed by atoms with Crippen LogP contribution in [-0.4, -0.2) is 11.0 Å². The molecule has 0 aliphatic heterocycles. The van der Waals surface area contributed by atoms with Crippen LogP contribution in [-0.2, 0) is 0 Å². The molecule has 0 unspecified atom stereocenters. The second kappa shape index (κ2) is 3.23. The van der Waals surface area contributed by atoms with Crippen molar-refractivity contribution >= 4 is 5.82 Å². The molecular formula is C11H15FN2. The minimum Gasteiger partial charge on any atom is -0.365 e. The second-order valence-electron chi connectivity index (χ2n) is 4.75. The Morgan fingerprint density at radius 1 is 1.50 bits per heavy atom. The van der Waals surface area contributed by atoms with Gasteiger partial charge in [0, 0.05) is 12.2 Å². The standard InChI is InChI=1S/C11H15FN2/c1-11(2)6-8(7-11)14-10-9(12)4-3-5-13-10/h3-5,8H,6-7H2,1-2H3,(H,13,14). The zero-order chi connectivity index (χ0) is 10.2. The van der Waals surface area contributed by atoms with Gasteiger partial charge in [-0.15, -0.1) is 0 Å². The van der Waals surface area contributed by atoms with Gasteiger partial charge in [0.05, 0.1) is 0 Å². The van der Waals surface area contributed by atoms with Crippen LogP contribution in [0.15, 0.2) is 18.3 Å². The zero-order valence-electron chi connectivity index (χ0n) is 8.55. The number of halogens is 1. The van der Waals surface area contributed by atoms with Gasteiger partial charge in [0.15, 0.2) is 11.6 Å². The van der Waals surface area contributed by atoms with Crippen molar-refractivity contribution in [2.75, 3.05) is 5.32 Å². The van der Waals surface area contributed by atoms with Gasteiger partial charge in [-0.2, -0.15) is 0 Å². The minimum atomic E-state index is -0.266. The van der Waals surface area contributed by atoms with E-state index >= 15 is 0 Å². The molecule has 0 amide bonds. The van der Waals surface area contributed by atoms with E-state index < -0.39 is 0 Å². The summed E-state index contributed by atoms with van der Waals surface area (Å²) in [7, 11) is 0. The van der Waals surface area contributed by atoms with Gasteiger partial charge in [-0.25, -0.2) is 9.37 Å². The molecule has 1 aromatic rings. The second-order valence-corrected chi connectivity index (χ2v) is 4.75. The summed E-state index contributed by atoms with van der Waals surface area (Å²) in [6.45, 7) is 4.44. The molecule has 1 aliphatic carbocycles. The summed E-state index contributed by atoms with van der Waals surface area (Å²) in [5.41, 5.74) is 0.406. The molecule has 0 bridgehead atoms. The zero-order valence-corrected chi connectivity index (χ0v) is 8.55. The van der Waals surface area contributed by atoms with Crippen LogP contribution in [0, 0.1) is 11.2 Å². The average molecular weight is 194 g/mol. The number of nitrogens with one attached hydrogen (secondary N) is 1. The molecule has 14 heavy (non-hydrogen) atoms. The van der Waals surface area contributed by atoms with Crippen LogP contribution in [0.5, 0.6) is 0 Å². The molecule has 2 nitrogen and oxygen atoms in total. The van der Waals surface area contributed by atoms with Gasteiger partial charge in [-0.05, 0) is 30.4 Å².